The van der Waals surface area contributed by atoms with Crippen molar-refractivity contribution >= 4 is 61.5 Å². The first-order valence-corrected chi connectivity index (χ1v) is 10.5. The molecule has 0 radical (unpaired) electrons. The van der Waals surface area contributed by atoms with Gasteiger partial charge in [0.1, 0.15) is 0 Å². The highest BCUT2D eigenvalue weighted by Gasteiger charge is 2.18. The first kappa shape index (κ1) is 17.8. The van der Waals surface area contributed by atoms with E-state index in [2.05, 4.69) is 21.8 Å². The smallest absolute Gasteiger partial charge is 0.238 e. The Morgan fingerprint density at radius 2 is 1.95 bits per heavy atom. The van der Waals surface area contributed by atoms with Crippen molar-refractivity contribution in [3.05, 3.63) is 33.8 Å². The number of thioether (sulfide) groups is 1. The van der Waals surface area contributed by atoms with Crippen molar-refractivity contribution < 1.29 is 8.42 Å². The summed E-state index contributed by atoms with van der Waals surface area (Å²) in [4.78, 5) is 0. The number of anilines is 1. The zero-order valence-electron chi connectivity index (χ0n) is 11.5. The van der Waals surface area contributed by atoms with E-state index in [4.69, 9.17) is 23.2 Å². The van der Waals surface area contributed by atoms with Crippen molar-refractivity contribution in [3.8, 4) is 0 Å². The van der Waals surface area contributed by atoms with Crippen LogP contribution in [-0.2, 0) is 15.8 Å². The maximum atomic E-state index is 12.2. The van der Waals surface area contributed by atoms with E-state index in [-0.39, 0.29) is 10.9 Å². The molecule has 120 valence electrons. The molecule has 5 nitrogen and oxygen atoms in total. The van der Waals surface area contributed by atoms with Crippen LogP contribution < -0.4 is 4.72 Å². The largest absolute Gasteiger partial charge is 0.257 e. The number of sulfonamides is 1. The summed E-state index contributed by atoms with van der Waals surface area (Å²) in [6, 6.07) is 4.86. The lowest BCUT2D eigenvalue weighted by molar-refractivity contribution is 0.600. The van der Waals surface area contributed by atoms with Gasteiger partial charge in [-0.2, -0.15) is 0 Å². The molecular weight excluding hydrogens is 385 g/mol. The average molecular weight is 398 g/mol. The molecule has 0 aliphatic carbocycles. The average Bonchev–Trinajstić information content (AvgIpc) is 2.87. The fourth-order valence-electron chi connectivity index (χ4n) is 1.53. The molecule has 0 unspecified atom stereocenters. The molecule has 1 N–H and O–H groups in total. The Kier molecular flexibility index (Phi) is 6.34. The van der Waals surface area contributed by atoms with Gasteiger partial charge in [-0.05, 0) is 18.6 Å². The highest BCUT2D eigenvalue weighted by atomic mass is 35.5. The molecule has 22 heavy (non-hydrogen) atoms. The quantitative estimate of drug-likeness (QED) is 0.705. The molecule has 0 atom stereocenters. The van der Waals surface area contributed by atoms with Crippen LogP contribution in [-0.4, -0.2) is 24.4 Å². The van der Waals surface area contributed by atoms with Gasteiger partial charge in [-0.15, -0.1) is 10.2 Å². The number of aromatic nitrogens is 2. The number of benzene rings is 1. The lowest BCUT2D eigenvalue weighted by Gasteiger charge is -2.08. The third kappa shape index (κ3) is 4.99. The number of rotatable bonds is 7. The SMILES string of the molecule is CCCSc1nnc(NS(=O)(=O)Cc2c(Cl)cccc2Cl)s1. The molecule has 0 amide bonds. The molecule has 2 aromatic rings. The summed E-state index contributed by atoms with van der Waals surface area (Å²) < 4.78 is 27.5. The van der Waals surface area contributed by atoms with Gasteiger partial charge in [0.2, 0.25) is 15.2 Å². The minimum absolute atomic E-state index is 0.238. The number of nitrogens with zero attached hydrogens (tertiary/aromatic N) is 2. The summed E-state index contributed by atoms with van der Waals surface area (Å²) in [5.41, 5.74) is 0.364. The lowest BCUT2D eigenvalue weighted by Crippen LogP contribution is -2.15. The van der Waals surface area contributed by atoms with E-state index in [1.807, 2.05) is 0 Å². The van der Waals surface area contributed by atoms with E-state index < -0.39 is 10.0 Å². The molecular formula is C12H13Cl2N3O2S3. The second kappa shape index (κ2) is 7.83. The second-order valence-electron chi connectivity index (χ2n) is 4.28. The van der Waals surface area contributed by atoms with Gasteiger partial charge >= 0.3 is 0 Å². The zero-order valence-corrected chi connectivity index (χ0v) is 15.5. The van der Waals surface area contributed by atoms with Gasteiger partial charge in [0.05, 0.1) is 5.75 Å². The maximum Gasteiger partial charge on any atom is 0.238 e. The van der Waals surface area contributed by atoms with E-state index in [1.54, 1.807) is 30.0 Å². The number of hydrogen-bond acceptors (Lipinski definition) is 6. The number of halogens is 2. The Morgan fingerprint density at radius 3 is 2.59 bits per heavy atom. The van der Waals surface area contributed by atoms with Gasteiger partial charge in [0, 0.05) is 21.4 Å². The molecule has 0 saturated heterocycles. The van der Waals surface area contributed by atoms with Crippen molar-refractivity contribution in [1.29, 1.82) is 0 Å². The first-order valence-electron chi connectivity index (χ1n) is 6.31. The fourth-order valence-corrected chi connectivity index (χ4v) is 5.36. The molecule has 1 heterocycles. The molecule has 10 heteroatoms. The summed E-state index contributed by atoms with van der Waals surface area (Å²) in [6.45, 7) is 2.06. The van der Waals surface area contributed by atoms with Crippen LogP contribution in [0.4, 0.5) is 5.13 Å². The summed E-state index contributed by atoms with van der Waals surface area (Å²) >= 11 is 14.7. The minimum atomic E-state index is -3.66. The predicted octanol–water partition coefficient (Wildman–Crippen LogP) is 4.29. The summed E-state index contributed by atoms with van der Waals surface area (Å²) in [5.74, 6) is 0.596. The van der Waals surface area contributed by atoms with Crippen LogP contribution in [0.1, 0.15) is 18.9 Å². The third-order valence-electron chi connectivity index (χ3n) is 2.47. The Hall–Kier alpha value is -0.540. The predicted molar refractivity (Wildman–Crippen MR) is 93.6 cm³/mol. The van der Waals surface area contributed by atoms with Crippen molar-refractivity contribution in [2.24, 2.45) is 0 Å². The van der Waals surface area contributed by atoms with Gasteiger partial charge in [-0.25, -0.2) is 8.42 Å². The van der Waals surface area contributed by atoms with Crippen molar-refractivity contribution in [2.45, 2.75) is 23.4 Å². The van der Waals surface area contributed by atoms with Gasteiger partial charge in [0.15, 0.2) is 4.34 Å². The minimum Gasteiger partial charge on any atom is -0.257 e. The summed E-state index contributed by atoms with van der Waals surface area (Å²) in [6.07, 6.45) is 1.01. The van der Waals surface area contributed by atoms with Crippen molar-refractivity contribution in [3.63, 3.8) is 0 Å². The van der Waals surface area contributed by atoms with Crippen LogP contribution in [0.2, 0.25) is 10.0 Å². The van der Waals surface area contributed by atoms with Crippen LogP contribution in [0.5, 0.6) is 0 Å². The fraction of sp³-hybridized carbons (Fsp3) is 0.333. The van der Waals surface area contributed by atoms with Gasteiger partial charge in [-0.3, -0.25) is 4.72 Å². The van der Waals surface area contributed by atoms with E-state index >= 15 is 0 Å². The topological polar surface area (TPSA) is 72.0 Å². The van der Waals surface area contributed by atoms with Gasteiger partial charge in [-0.1, -0.05) is 59.3 Å². The van der Waals surface area contributed by atoms with Crippen molar-refractivity contribution in [2.75, 3.05) is 10.5 Å². The molecule has 0 aliphatic rings. The van der Waals surface area contributed by atoms with Crippen LogP contribution in [0.3, 0.4) is 0 Å². The summed E-state index contributed by atoms with van der Waals surface area (Å²) in [7, 11) is -3.66. The molecule has 0 fully saturated rings. The Bertz CT molecular complexity index is 730. The van der Waals surface area contributed by atoms with Gasteiger partial charge < -0.3 is 0 Å². The van der Waals surface area contributed by atoms with Crippen LogP contribution in [0.15, 0.2) is 22.5 Å². The molecule has 1 aromatic heterocycles. The second-order valence-corrected chi connectivity index (χ2v) is 9.14. The number of nitrogens with one attached hydrogen (secondary N) is 1. The highest BCUT2D eigenvalue weighted by Crippen LogP contribution is 2.29. The van der Waals surface area contributed by atoms with Crippen LogP contribution in [0.25, 0.3) is 0 Å². The molecule has 2 rings (SSSR count). The lowest BCUT2D eigenvalue weighted by atomic mass is 10.2. The summed E-state index contributed by atoms with van der Waals surface area (Å²) in [5, 5.41) is 8.63. The third-order valence-corrected chi connectivity index (χ3v) is 6.66. The van der Waals surface area contributed by atoms with Crippen LogP contribution in [0, 0.1) is 0 Å². The number of hydrogen-bond donors (Lipinski definition) is 1. The highest BCUT2D eigenvalue weighted by molar-refractivity contribution is 8.01. The van der Waals surface area contributed by atoms with Crippen molar-refractivity contribution in [1.82, 2.24) is 10.2 Å². The molecule has 1 aromatic carbocycles. The standard InChI is InChI=1S/C12H13Cl2N3O2S3/c1-2-6-20-12-16-15-11(21-12)17-22(18,19)7-8-9(13)4-3-5-10(8)14/h3-5H,2,6-7H2,1H3,(H,15,17). The monoisotopic (exact) mass is 397 g/mol. The molecule has 0 aliphatic heterocycles. The van der Waals surface area contributed by atoms with E-state index in [1.165, 1.54) is 11.3 Å². The Morgan fingerprint density at radius 1 is 1.27 bits per heavy atom. The van der Waals surface area contributed by atoms with E-state index in [0.29, 0.717) is 15.6 Å². The van der Waals surface area contributed by atoms with E-state index in [0.717, 1.165) is 16.5 Å². The zero-order chi connectivity index (χ0) is 16.2. The van der Waals surface area contributed by atoms with E-state index in [9.17, 15) is 8.42 Å². The Balaban J connectivity index is 2.09. The van der Waals surface area contributed by atoms with Crippen LogP contribution >= 0.6 is 46.3 Å². The first-order chi connectivity index (χ1) is 10.4. The normalized spacial score (nSPS) is 11.6. The van der Waals surface area contributed by atoms with Gasteiger partial charge in [0.25, 0.3) is 0 Å². The molecule has 0 bridgehead atoms. The maximum absolute atomic E-state index is 12.2. The molecule has 0 spiro atoms. The molecule has 0 saturated carbocycles. The Labute approximate surface area is 147 Å².